The molecule has 0 aliphatic heterocycles. The van der Waals surface area contributed by atoms with Crippen molar-refractivity contribution in [3.05, 3.63) is 35.5 Å². The molecule has 0 unspecified atom stereocenters. The van der Waals surface area contributed by atoms with Crippen molar-refractivity contribution in [3.63, 3.8) is 0 Å². The van der Waals surface area contributed by atoms with Crippen LogP contribution in [-0.2, 0) is 0 Å². The Bertz CT molecular complexity index is 546. The number of nitrogen functional groups attached to an aromatic ring is 1. The molecule has 1 heterocycles. The van der Waals surface area contributed by atoms with Gasteiger partial charge in [-0.2, -0.15) is 5.10 Å². The first-order chi connectivity index (χ1) is 8.63. The van der Waals surface area contributed by atoms with Crippen LogP contribution in [0.4, 0.5) is 5.82 Å². The highest BCUT2D eigenvalue weighted by molar-refractivity contribution is 7.99. The second-order valence-corrected chi connectivity index (χ2v) is 5.58. The zero-order valence-electron chi connectivity index (χ0n) is 11.1. The molecule has 0 bridgehead atoms. The number of anilines is 1. The molecule has 18 heavy (non-hydrogen) atoms. The molecule has 2 aromatic rings. The summed E-state index contributed by atoms with van der Waals surface area (Å²) in [5.74, 6) is 1.81. The first-order valence-electron chi connectivity index (χ1n) is 6.17. The molecule has 0 saturated carbocycles. The largest absolute Gasteiger partial charge is 0.383 e. The lowest BCUT2D eigenvalue weighted by molar-refractivity contribution is 0.881. The van der Waals surface area contributed by atoms with Crippen LogP contribution in [0.25, 0.3) is 5.69 Å². The van der Waals surface area contributed by atoms with Gasteiger partial charge >= 0.3 is 0 Å². The van der Waals surface area contributed by atoms with E-state index in [1.165, 1.54) is 11.1 Å². The fourth-order valence-electron chi connectivity index (χ4n) is 1.81. The second-order valence-electron chi connectivity index (χ2n) is 4.44. The van der Waals surface area contributed by atoms with Gasteiger partial charge in [0.1, 0.15) is 5.82 Å². The highest BCUT2D eigenvalue weighted by atomic mass is 32.2. The molecule has 0 spiro atoms. The predicted octanol–water partition coefficient (Wildman–Crippen LogP) is 3.57. The summed E-state index contributed by atoms with van der Waals surface area (Å²) in [5.41, 5.74) is 9.64. The van der Waals surface area contributed by atoms with E-state index in [9.17, 15) is 0 Å². The summed E-state index contributed by atoms with van der Waals surface area (Å²) < 4.78 is 1.83. The van der Waals surface area contributed by atoms with Crippen LogP contribution >= 0.6 is 11.8 Å². The van der Waals surface area contributed by atoms with Gasteiger partial charge in [0.05, 0.1) is 16.8 Å². The Labute approximate surface area is 112 Å². The quantitative estimate of drug-likeness (QED) is 0.856. The Morgan fingerprint density at radius 2 is 2.11 bits per heavy atom. The van der Waals surface area contributed by atoms with E-state index < -0.39 is 0 Å². The molecule has 2 rings (SSSR count). The van der Waals surface area contributed by atoms with Crippen LogP contribution in [0.2, 0.25) is 0 Å². The van der Waals surface area contributed by atoms with Gasteiger partial charge in [0, 0.05) is 0 Å². The standard InChI is InChI=1S/C14H19N3S/c1-4-7-18-13-9-16-17(14(13)15)12-8-10(2)5-6-11(12)3/h5-6,8-9H,4,7,15H2,1-3H3. The number of aryl methyl sites for hydroxylation is 2. The Balaban J connectivity index is 2.39. The molecule has 2 N–H and O–H groups in total. The van der Waals surface area contributed by atoms with E-state index in [1.807, 2.05) is 10.9 Å². The number of hydrogen-bond donors (Lipinski definition) is 1. The molecule has 0 aliphatic rings. The van der Waals surface area contributed by atoms with Gasteiger partial charge in [0.2, 0.25) is 0 Å². The Morgan fingerprint density at radius 3 is 2.83 bits per heavy atom. The summed E-state index contributed by atoms with van der Waals surface area (Å²) in [5, 5.41) is 4.41. The average molecular weight is 261 g/mol. The van der Waals surface area contributed by atoms with Crippen LogP contribution in [0.15, 0.2) is 29.3 Å². The number of hydrogen-bond acceptors (Lipinski definition) is 3. The Kier molecular flexibility index (Phi) is 3.97. The average Bonchev–Trinajstić information content (AvgIpc) is 2.71. The van der Waals surface area contributed by atoms with Gasteiger partial charge in [-0.3, -0.25) is 0 Å². The van der Waals surface area contributed by atoms with Gasteiger partial charge in [0.25, 0.3) is 0 Å². The third-order valence-electron chi connectivity index (χ3n) is 2.83. The van der Waals surface area contributed by atoms with Gasteiger partial charge in [-0.15, -0.1) is 11.8 Å². The van der Waals surface area contributed by atoms with E-state index in [0.717, 1.165) is 28.6 Å². The molecule has 0 radical (unpaired) electrons. The van der Waals surface area contributed by atoms with Crippen LogP contribution in [0.1, 0.15) is 24.5 Å². The number of rotatable bonds is 4. The molecular weight excluding hydrogens is 242 g/mol. The van der Waals surface area contributed by atoms with Crippen molar-refractivity contribution in [2.75, 3.05) is 11.5 Å². The maximum Gasteiger partial charge on any atom is 0.140 e. The summed E-state index contributed by atoms with van der Waals surface area (Å²) in [7, 11) is 0. The van der Waals surface area contributed by atoms with Crippen molar-refractivity contribution in [2.24, 2.45) is 0 Å². The minimum absolute atomic E-state index is 0.738. The van der Waals surface area contributed by atoms with E-state index >= 15 is 0 Å². The molecule has 3 nitrogen and oxygen atoms in total. The summed E-state index contributed by atoms with van der Waals surface area (Å²) in [6, 6.07) is 6.32. The van der Waals surface area contributed by atoms with Gasteiger partial charge in [0.15, 0.2) is 0 Å². The van der Waals surface area contributed by atoms with E-state index in [2.05, 4.69) is 44.1 Å². The van der Waals surface area contributed by atoms with Crippen molar-refractivity contribution in [2.45, 2.75) is 32.1 Å². The van der Waals surface area contributed by atoms with Crippen LogP contribution in [0, 0.1) is 13.8 Å². The lowest BCUT2D eigenvalue weighted by atomic mass is 10.1. The second kappa shape index (κ2) is 5.48. The molecule has 96 valence electrons. The van der Waals surface area contributed by atoms with Crippen molar-refractivity contribution in [1.82, 2.24) is 9.78 Å². The molecule has 1 aromatic heterocycles. The fourth-order valence-corrected chi connectivity index (χ4v) is 2.59. The maximum absolute atomic E-state index is 6.17. The first kappa shape index (κ1) is 13.0. The first-order valence-corrected chi connectivity index (χ1v) is 7.16. The Hall–Kier alpha value is -1.42. The van der Waals surface area contributed by atoms with Crippen molar-refractivity contribution in [1.29, 1.82) is 0 Å². The van der Waals surface area contributed by atoms with E-state index in [-0.39, 0.29) is 0 Å². The highest BCUT2D eigenvalue weighted by Crippen LogP contribution is 2.28. The summed E-state index contributed by atoms with van der Waals surface area (Å²) in [6.45, 7) is 6.32. The highest BCUT2D eigenvalue weighted by Gasteiger charge is 2.11. The zero-order valence-corrected chi connectivity index (χ0v) is 11.9. The SMILES string of the molecule is CCCSc1cnn(-c2cc(C)ccc2C)c1N. The smallest absolute Gasteiger partial charge is 0.140 e. The van der Waals surface area contributed by atoms with E-state index in [4.69, 9.17) is 5.73 Å². The van der Waals surface area contributed by atoms with E-state index in [1.54, 1.807) is 11.8 Å². The molecule has 0 atom stereocenters. The van der Waals surface area contributed by atoms with Crippen LogP contribution in [0.3, 0.4) is 0 Å². The zero-order chi connectivity index (χ0) is 13.1. The number of nitrogens with two attached hydrogens (primary N) is 1. The molecule has 0 aliphatic carbocycles. The van der Waals surface area contributed by atoms with Crippen LogP contribution in [0.5, 0.6) is 0 Å². The fraction of sp³-hybridized carbons (Fsp3) is 0.357. The molecule has 0 amide bonds. The third kappa shape index (κ3) is 2.53. The molecule has 1 aromatic carbocycles. The van der Waals surface area contributed by atoms with Gasteiger partial charge < -0.3 is 5.73 Å². The number of nitrogens with zero attached hydrogens (tertiary/aromatic N) is 2. The molecule has 4 heteroatoms. The monoisotopic (exact) mass is 261 g/mol. The molecule has 0 saturated heterocycles. The number of thioether (sulfide) groups is 1. The van der Waals surface area contributed by atoms with Crippen molar-refractivity contribution >= 4 is 17.6 Å². The van der Waals surface area contributed by atoms with Gasteiger partial charge in [-0.25, -0.2) is 4.68 Å². The maximum atomic E-state index is 6.17. The van der Waals surface area contributed by atoms with Crippen molar-refractivity contribution < 1.29 is 0 Å². The predicted molar refractivity (Wildman–Crippen MR) is 78.5 cm³/mol. The number of aromatic nitrogens is 2. The summed E-state index contributed by atoms with van der Waals surface area (Å²) in [4.78, 5) is 1.07. The molecule has 0 fully saturated rings. The third-order valence-corrected chi connectivity index (χ3v) is 4.06. The normalized spacial score (nSPS) is 10.8. The molecular formula is C14H19N3S. The minimum Gasteiger partial charge on any atom is -0.383 e. The van der Waals surface area contributed by atoms with Gasteiger partial charge in [-0.1, -0.05) is 19.1 Å². The van der Waals surface area contributed by atoms with Gasteiger partial charge in [-0.05, 0) is 43.2 Å². The van der Waals surface area contributed by atoms with Crippen LogP contribution < -0.4 is 5.73 Å². The minimum atomic E-state index is 0.738. The van der Waals surface area contributed by atoms with Crippen molar-refractivity contribution in [3.8, 4) is 5.69 Å². The lowest BCUT2D eigenvalue weighted by Gasteiger charge is -2.09. The summed E-state index contributed by atoms with van der Waals surface area (Å²) in [6.07, 6.45) is 3.00. The van der Waals surface area contributed by atoms with Crippen LogP contribution in [-0.4, -0.2) is 15.5 Å². The van der Waals surface area contributed by atoms with E-state index in [0.29, 0.717) is 0 Å². The summed E-state index contributed by atoms with van der Waals surface area (Å²) >= 11 is 1.76. The lowest BCUT2D eigenvalue weighted by Crippen LogP contribution is -2.04. The Morgan fingerprint density at radius 1 is 1.33 bits per heavy atom. The topological polar surface area (TPSA) is 43.8 Å². The number of benzene rings is 1.